The van der Waals surface area contributed by atoms with Crippen molar-refractivity contribution in [2.45, 2.75) is 25.9 Å². The Labute approximate surface area is 145 Å². The lowest BCUT2D eigenvalue weighted by molar-refractivity contribution is -0.113. The van der Waals surface area contributed by atoms with Crippen LogP contribution in [0.2, 0.25) is 5.02 Å². The minimum absolute atomic E-state index is 0.0872. The lowest BCUT2D eigenvalue weighted by Gasteiger charge is -2.20. The molecule has 2 aromatic carbocycles. The van der Waals surface area contributed by atoms with Crippen molar-refractivity contribution < 1.29 is 14.3 Å². The van der Waals surface area contributed by atoms with Gasteiger partial charge in [-0.15, -0.1) is 0 Å². The van der Waals surface area contributed by atoms with E-state index in [1.165, 1.54) is 6.92 Å². The van der Waals surface area contributed by atoms with Crippen LogP contribution in [0.5, 0.6) is 0 Å². The van der Waals surface area contributed by atoms with E-state index in [1.54, 1.807) is 31.2 Å². The predicted octanol–water partition coefficient (Wildman–Crippen LogP) is 4.57. The van der Waals surface area contributed by atoms with Gasteiger partial charge in [-0.3, -0.25) is 9.59 Å². The average Bonchev–Trinajstić information content (AvgIpc) is 2.93. The van der Waals surface area contributed by atoms with Gasteiger partial charge in [-0.05, 0) is 31.5 Å². The van der Waals surface area contributed by atoms with E-state index in [-0.39, 0.29) is 11.6 Å². The number of hydrogen-bond acceptors (Lipinski definition) is 3. The molecular weight excluding hydrogens is 324 g/mol. The summed E-state index contributed by atoms with van der Waals surface area (Å²) in [5.74, 6) is -0.133. The topological polar surface area (TPSA) is 43.4 Å². The second-order valence-corrected chi connectivity index (χ2v) is 6.26. The molecule has 3 rings (SSSR count). The molecule has 1 aliphatic rings. The zero-order valence-electron chi connectivity index (χ0n) is 13.5. The first-order chi connectivity index (χ1) is 11.5. The fraction of sp³-hybridized carbons (Fsp3) is 0.200. The molecule has 0 amide bonds. The minimum atomic E-state index is -0.743. The summed E-state index contributed by atoms with van der Waals surface area (Å²) in [4.78, 5) is 25.1. The van der Waals surface area contributed by atoms with Gasteiger partial charge in [0.15, 0.2) is 11.9 Å². The highest BCUT2D eigenvalue weighted by Gasteiger charge is 2.42. The van der Waals surface area contributed by atoms with Crippen molar-refractivity contribution in [2.75, 3.05) is 0 Å². The average molecular weight is 341 g/mol. The maximum Gasteiger partial charge on any atom is 0.204 e. The third-order valence-corrected chi connectivity index (χ3v) is 4.47. The molecule has 2 aromatic rings. The quantitative estimate of drug-likeness (QED) is 0.766. The van der Waals surface area contributed by atoms with Crippen LogP contribution in [0, 0.1) is 0 Å². The monoisotopic (exact) mass is 340 g/mol. The molecule has 4 heteroatoms. The van der Waals surface area contributed by atoms with Crippen LogP contribution < -0.4 is 0 Å². The zero-order chi connectivity index (χ0) is 17.3. The summed E-state index contributed by atoms with van der Waals surface area (Å²) in [6, 6.07) is 16.2. The molecule has 0 bridgehead atoms. The van der Waals surface area contributed by atoms with Gasteiger partial charge in [0.2, 0.25) is 5.78 Å². The van der Waals surface area contributed by atoms with Gasteiger partial charge < -0.3 is 4.74 Å². The molecule has 0 unspecified atom stereocenters. The first-order valence-electron chi connectivity index (χ1n) is 7.72. The second kappa shape index (κ2) is 6.62. The molecule has 3 nitrogen and oxygen atoms in total. The van der Waals surface area contributed by atoms with Gasteiger partial charge in [0.1, 0.15) is 5.76 Å². The number of Topliss-reactive ketones (excluding diaryl/α,β-unsaturated/α-hetero) is 2. The predicted molar refractivity (Wildman–Crippen MR) is 93.2 cm³/mol. The smallest absolute Gasteiger partial charge is 0.204 e. The van der Waals surface area contributed by atoms with Crippen LogP contribution in [0.15, 0.2) is 65.9 Å². The summed E-state index contributed by atoms with van der Waals surface area (Å²) in [6.45, 7) is 3.23. The van der Waals surface area contributed by atoms with Gasteiger partial charge >= 0.3 is 0 Å². The largest absolute Gasteiger partial charge is 0.485 e. The fourth-order valence-corrected chi connectivity index (χ4v) is 3.27. The van der Waals surface area contributed by atoms with E-state index in [2.05, 4.69) is 0 Å². The molecule has 0 N–H and O–H groups in total. The highest BCUT2D eigenvalue weighted by Crippen LogP contribution is 2.41. The summed E-state index contributed by atoms with van der Waals surface area (Å²) in [5.41, 5.74) is 1.96. The third-order valence-electron chi connectivity index (χ3n) is 4.22. The van der Waals surface area contributed by atoms with Gasteiger partial charge in [-0.1, -0.05) is 54.1 Å². The Morgan fingerprint density at radius 2 is 1.62 bits per heavy atom. The van der Waals surface area contributed by atoms with Crippen molar-refractivity contribution in [1.82, 2.24) is 0 Å². The molecule has 2 atom stereocenters. The van der Waals surface area contributed by atoms with Gasteiger partial charge in [-0.25, -0.2) is 0 Å². The first-order valence-corrected chi connectivity index (χ1v) is 8.10. The third kappa shape index (κ3) is 3.00. The fourth-order valence-electron chi connectivity index (χ4n) is 3.14. The van der Waals surface area contributed by atoms with E-state index in [9.17, 15) is 9.59 Å². The maximum atomic E-state index is 12.9. The first kappa shape index (κ1) is 16.5. The van der Waals surface area contributed by atoms with Crippen LogP contribution in [-0.4, -0.2) is 17.7 Å². The molecule has 1 aliphatic heterocycles. The molecule has 0 aromatic heterocycles. The summed E-state index contributed by atoms with van der Waals surface area (Å²) in [5, 5.41) is 0.605. The van der Waals surface area contributed by atoms with Crippen molar-refractivity contribution in [1.29, 1.82) is 0 Å². The van der Waals surface area contributed by atoms with E-state index in [1.807, 2.05) is 30.3 Å². The Bertz CT molecular complexity index is 807. The van der Waals surface area contributed by atoms with E-state index in [0.717, 1.165) is 5.56 Å². The SMILES string of the molecule is CC(=O)C1=C(C)O[C@@H](C(=O)c2ccccc2)[C@H]1c1ccc(Cl)cc1. The van der Waals surface area contributed by atoms with E-state index in [4.69, 9.17) is 16.3 Å². The summed E-state index contributed by atoms with van der Waals surface area (Å²) in [7, 11) is 0. The lowest BCUT2D eigenvalue weighted by atomic mass is 9.83. The van der Waals surface area contributed by atoms with E-state index < -0.39 is 12.0 Å². The number of carbonyl (C=O) groups is 2. The molecule has 0 saturated carbocycles. The Hall–Kier alpha value is -2.39. The normalized spacial score (nSPS) is 20.0. The molecule has 0 aliphatic carbocycles. The zero-order valence-corrected chi connectivity index (χ0v) is 14.2. The van der Waals surface area contributed by atoms with Crippen molar-refractivity contribution in [3.8, 4) is 0 Å². The molecule has 24 heavy (non-hydrogen) atoms. The number of hydrogen-bond donors (Lipinski definition) is 0. The van der Waals surface area contributed by atoms with Crippen molar-refractivity contribution in [2.24, 2.45) is 0 Å². The number of rotatable bonds is 4. The highest BCUT2D eigenvalue weighted by molar-refractivity contribution is 6.30. The molecule has 1 heterocycles. The Balaban J connectivity index is 2.04. The molecule has 0 spiro atoms. The minimum Gasteiger partial charge on any atom is -0.485 e. The number of halogens is 1. The molecule has 0 saturated heterocycles. The van der Waals surface area contributed by atoms with Gasteiger partial charge in [0.25, 0.3) is 0 Å². The molecular formula is C20H17ClO3. The molecule has 0 fully saturated rings. The number of allylic oxidation sites excluding steroid dienone is 1. The van der Waals surface area contributed by atoms with Crippen LogP contribution >= 0.6 is 11.6 Å². The molecule has 122 valence electrons. The van der Waals surface area contributed by atoms with Crippen molar-refractivity contribution in [3.63, 3.8) is 0 Å². The van der Waals surface area contributed by atoms with Crippen LogP contribution in [0.25, 0.3) is 0 Å². The number of ether oxygens (including phenoxy) is 1. The number of ketones is 2. The summed E-state index contributed by atoms with van der Waals surface area (Å²) in [6.07, 6.45) is -0.743. The van der Waals surface area contributed by atoms with Crippen molar-refractivity contribution in [3.05, 3.63) is 82.1 Å². The summed E-state index contributed by atoms with van der Waals surface area (Å²) < 4.78 is 5.82. The standard InChI is InChI=1S/C20H17ClO3/c1-12(22)17-13(2)24-20(19(23)15-6-4-3-5-7-15)18(17)14-8-10-16(21)11-9-14/h3-11,18,20H,1-2H3/t18-,20+/m0/s1. The summed E-state index contributed by atoms with van der Waals surface area (Å²) >= 11 is 5.96. The van der Waals surface area contributed by atoms with Crippen LogP contribution in [-0.2, 0) is 9.53 Å². The number of benzene rings is 2. The Morgan fingerprint density at radius 1 is 1.00 bits per heavy atom. The maximum absolute atomic E-state index is 12.9. The second-order valence-electron chi connectivity index (χ2n) is 5.82. The van der Waals surface area contributed by atoms with Crippen LogP contribution in [0.3, 0.4) is 0 Å². The van der Waals surface area contributed by atoms with Crippen LogP contribution in [0.4, 0.5) is 0 Å². The highest BCUT2D eigenvalue weighted by atomic mass is 35.5. The van der Waals surface area contributed by atoms with E-state index in [0.29, 0.717) is 21.9 Å². The number of carbonyl (C=O) groups excluding carboxylic acids is 2. The van der Waals surface area contributed by atoms with Crippen molar-refractivity contribution >= 4 is 23.2 Å². The molecule has 0 radical (unpaired) electrons. The van der Waals surface area contributed by atoms with Gasteiger partial charge in [0.05, 0.1) is 5.92 Å². The Morgan fingerprint density at radius 3 is 2.21 bits per heavy atom. The van der Waals surface area contributed by atoms with Gasteiger partial charge in [-0.2, -0.15) is 0 Å². The Kier molecular flexibility index (Phi) is 4.54. The van der Waals surface area contributed by atoms with E-state index >= 15 is 0 Å². The van der Waals surface area contributed by atoms with Crippen LogP contribution in [0.1, 0.15) is 35.7 Å². The van der Waals surface area contributed by atoms with Gasteiger partial charge in [0, 0.05) is 16.2 Å². The lowest BCUT2D eigenvalue weighted by Crippen LogP contribution is -2.28.